The van der Waals surface area contributed by atoms with E-state index in [0.29, 0.717) is 12.4 Å². The molecule has 1 aromatic carbocycles. The van der Waals surface area contributed by atoms with Gasteiger partial charge in [-0.15, -0.1) is 0 Å². The van der Waals surface area contributed by atoms with Crippen molar-refractivity contribution in [1.29, 1.82) is 0 Å². The molecule has 0 amide bonds. The van der Waals surface area contributed by atoms with Crippen LogP contribution in [0.5, 0.6) is 5.75 Å². The molecule has 0 spiro atoms. The van der Waals surface area contributed by atoms with Gasteiger partial charge < -0.3 is 19.5 Å². The fourth-order valence-electron chi connectivity index (χ4n) is 2.35. The Morgan fingerprint density at radius 3 is 2.40 bits per heavy atom. The Bertz CT molecular complexity index is 400. The molecule has 0 atom stereocenters. The Balaban J connectivity index is 2.38. The third kappa shape index (κ3) is 5.61. The molecule has 20 heavy (non-hydrogen) atoms. The first-order valence-electron chi connectivity index (χ1n) is 7.45. The molecule has 0 saturated carbocycles. The maximum Gasteiger partial charge on any atom is 0.128 e. The summed E-state index contributed by atoms with van der Waals surface area (Å²) < 4.78 is 5.57. The number of nitrogens with one attached hydrogen (secondary N) is 1. The molecule has 1 aromatic rings. The van der Waals surface area contributed by atoms with Gasteiger partial charge >= 0.3 is 0 Å². The number of quaternary nitrogens is 1. The van der Waals surface area contributed by atoms with Crippen molar-refractivity contribution in [2.24, 2.45) is 0 Å². The predicted molar refractivity (Wildman–Crippen MR) is 77.0 cm³/mol. The SMILES string of the molecule is CCC[NH+](CCC)CCCOc1ccccc1C(=O)[O-]. The zero-order valence-corrected chi connectivity index (χ0v) is 12.5. The topological polar surface area (TPSA) is 53.8 Å². The number of carboxylic acids is 1. The Kier molecular flexibility index (Phi) is 7.73. The lowest BCUT2D eigenvalue weighted by Gasteiger charge is -2.18. The molecule has 0 aliphatic heterocycles. The molecular formula is C16H25NO3. The summed E-state index contributed by atoms with van der Waals surface area (Å²) in [6.45, 7) is 8.37. The van der Waals surface area contributed by atoms with Crippen LogP contribution in [0.2, 0.25) is 0 Å². The summed E-state index contributed by atoms with van der Waals surface area (Å²) >= 11 is 0. The van der Waals surface area contributed by atoms with Crippen LogP contribution in [0.4, 0.5) is 0 Å². The number of hydrogen-bond donors (Lipinski definition) is 1. The molecule has 112 valence electrons. The van der Waals surface area contributed by atoms with Crippen molar-refractivity contribution in [3.8, 4) is 5.75 Å². The maximum atomic E-state index is 10.9. The van der Waals surface area contributed by atoms with Gasteiger partial charge in [-0.1, -0.05) is 26.0 Å². The molecule has 0 aromatic heterocycles. The van der Waals surface area contributed by atoms with Gasteiger partial charge in [-0.25, -0.2) is 0 Å². The summed E-state index contributed by atoms with van der Waals surface area (Å²) in [4.78, 5) is 12.5. The highest BCUT2D eigenvalue weighted by molar-refractivity contribution is 5.89. The molecule has 1 rings (SSSR count). The number of aromatic carboxylic acids is 1. The summed E-state index contributed by atoms with van der Waals surface area (Å²) in [5, 5.41) is 10.9. The molecule has 0 saturated heterocycles. The van der Waals surface area contributed by atoms with E-state index in [-0.39, 0.29) is 5.56 Å². The Morgan fingerprint density at radius 2 is 1.80 bits per heavy atom. The van der Waals surface area contributed by atoms with E-state index in [1.54, 1.807) is 23.1 Å². The fourth-order valence-corrected chi connectivity index (χ4v) is 2.35. The van der Waals surface area contributed by atoms with Gasteiger partial charge in [0.05, 0.1) is 32.2 Å². The molecule has 0 heterocycles. The smallest absolute Gasteiger partial charge is 0.128 e. The zero-order valence-electron chi connectivity index (χ0n) is 12.5. The second-order valence-electron chi connectivity index (χ2n) is 4.99. The van der Waals surface area contributed by atoms with Crippen LogP contribution < -0.4 is 14.7 Å². The highest BCUT2D eigenvalue weighted by atomic mass is 16.5. The van der Waals surface area contributed by atoms with Gasteiger partial charge in [-0.3, -0.25) is 0 Å². The van der Waals surface area contributed by atoms with Crippen LogP contribution in [0.3, 0.4) is 0 Å². The van der Waals surface area contributed by atoms with E-state index >= 15 is 0 Å². The minimum absolute atomic E-state index is 0.124. The minimum Gasteiger partial charge on any atom is -0.545 e. The first kappa shape index (κ1) is 16.5. The molecule has 4 heteroatoms. The van der Waals surface area contributed by atoms with Gasteiger partial charge in [0.25, 0.3) is 0 Å². The third-order valence-electron chi connectivity index (χ3n) is 3.25. The van der Waals surface area contributed by atoms with Gasteiger partial charge in [-0.2, -0.15) is 0 Å². The van der Waals surface area contributed by atoms with Gasteiger partial charge in [-0.05, 0) is 25.0 Å². The zero-order chi connectivity index (χ0) is 14.8. The summed E-state index contributed by atoms with van der Waals surface area (Å²) in [5.74, 6) is -0.787. The second-order valence-corrected chi connectivity index (χ2v) is 4.99. The number of para-hydroxylation sites is 1. The van der Waals surface area contributed by atoms with Crippen molar-refractivity contribution in [2.45, 2.75) is 33.1 Å². The maximum absolute atomic E-state index is 10.9. The Hall–Kier alpha value is -1.55. The average Bonchev–Trinajstić information content (AvgIpc) is 2.44. The van der Waals surface area contributed by atoms with Crippen LogP contribution in [0, 0.1) is 0 Å². The number of carbonyl (C=O) groups excluding carboxylic acids is 1. The lowest BCUT2D eigenvalue weighted by atomic mass is 10.2. The molecule has 0 aliphatic carbocycles. The summed E-state index contributed by atoms with van der Waals surface area (Å²) in [6, 6.07) is 6.63. The van der Waals surface area contributed by atoms with Gasteiger partial charge in [0.15, 0.2) is 0 Å². The van der Waals surface area contributed by atoms with Crippen LogP contribution in [-0.4, -0.2) is 32.2 Å². The summed E-state index contributed by atoms with van der Waals surface area (Å²) in [6.07, 6.45) is 3.30. The Morgan fingerprint density at radius 1 is 1.15 bits per heavy atom. The molecule has 0 bridgehead atoms. The van der Waals surface area contributed by atoms with Crippen LogP contribution in [0.15, 0.2) is 24.3 Å². The van der Waals surface area contributed by atoms with Gasteiger partial charge in [0.1, 0.15) is 5.75 Å². The van der Waals surface area contributed by atoms with Crippen LogP contribution in [0.25, 0.3) is 0 Å². The number of rotatable bonds is 10. The largest absolute Gasteiger partial charge is 0.545 e. The average molecular weight is 279 g/mol. The Labute approximate surface area is 121 Å². The van der Waals surface area contributed by atoms with E-state index in [2.05, 4.69) is 13.8 Å². The molecule has 0 aliphatic rings. The highest BCUT2D eigenvalue weighted by Crippen LogP contribution is 2.16. The first-order chi connectivity index (χ1) is 9.69. The van der Waals surface area contributed by atoms with Gasteiger partial charge in [0, 0.05) is 12.0 Å². The quantitative estimate of drug-likeness (QED) is 0.635. The van der Waals surface area contributed by atoms with Gasteiger partial charge in [0.2, 0.25) is 0 Å². The normalized spacial score (nSPS) is 10.8. The lowest BCUT2D eigenvalue weighted by molar-refractivity contribution is -0.900. The molecule has 4 nitrogen and oxygen atoms in total. The van der Waals surface area contributed by atoms with Crippen molar-refractivity contribution in [2.75, 3.05) is 26.2 Å². The van der Waals surface area contributed by atoms with E-state index in [4.69, 9.17) is 4.74 Å². The molecule has 0 radical (unpaired) electrons. The number of carbonyl (C=O) groups is 1. The van der Waals surface area contributed by atoms with E-state index < -0.39 is 5.97 Å². The van der Waals surface area contributed by atoms with Crippen molar-refractivity contribution in [3.63, 3.8) is 0 Å². The van der Waals surface area contributed by atoms with Crippen molar-refractivity contribution in [1.82, 2.24) is 0 Å². The van der Waals surface area contributed by atoms with E-state index in [0.717, 1.165) is 13.0 Å². The standard InChI is InChI=1S/C16H25NO3/c1-3-10-17(11-4-2)12-7-13-20-15-9-6-5-8-14(15)16(18)19/h5-6,8-9H,3-4,7,10-13H2,1-2H3,(H,18,19). The van der Waals surface area contributed by atoms with Crippen molar-refractivity contribution >= 4 is 5.97 Å². The fraction of sp³-hybridized carbons (Fsp3) is 0.562. The van der Waals surface area contributed by atoms with E-state index in [1.807, 2.05) is 0 Å². The van der Waals surface area contributed by atoms with E-state index in [9.17, 15) is 9.90 Å². The third-order valence-corrected chi connectivity index (χ3v) is 3.25. The van der Waals surface area contributed by atoms with Crippen LogP contribution >= 0.6 is 0 Å². The predicted octanol–water partition coefficient (Wildman–Crippen LogP) is 0.524. The molecule has 0 fully saturated rings. The molecule has 1 N–H and O–H groups in total. The highest BCUT2D eigenvalue weighted by Gasteiger charge is 2.07. The minimum atomic E-state index is -1.19. The number of benzene rings is 1. The van der Waals surface area contributed by atoms with E-state index in [1.165, 1.54) is 32.0 Å². The summed E-state index contributed by atoms with van der Waals surface area (Å²) in [5.41, 5.74) is 0.124. The van der Waals surface area contributed by atoms with Crippen molar-refractivity contribution < 1.29 is 19.5 Å². The monoisotopic (exact) mass is 279 g/mol. The second kappa shape index (κ2) is 9.37. The molecular weight excluding hydrogens is 254 g/mol. The van der Waals surface area contributed by atoms with Crippen LogP contribution in [0.1, 0.15) is 43.5 Å². The first-order valence-corrected chi connectivity index (χ1v) is 7.45. The van der Waals surface area contributed by atoms with Crippen LogP contribution in [-0.2, 0) is 0 Å². The number of carboxylic acid groups (broad SMARTS) is 1. The summed E-state index contributed by atoms with van der Waals surface area (Å²) in [7, 11) is 0. The lowest BCUT2D eigenvalue weighted by Crippen LogP contribution is -3.12. The molecule has 0 unspecified atom stereocenters. The number of hydrogen-bond acceptors (Lipinski definition) is 3. The number of ether oxygens (including phenoxy) is 1. The van der Waals surface area contributed by atoms with Crippen molar-refractivity contribution in [3.05, 3.63) is 29.8 Å².